The van der Waals surface area contributed by atoms with Gasteiger partial charge in [-0.1, -0.05) is 13.8 Å². The monoisotopic (exact) mass is 388 g/mol. The van der Waals surface area contributed by atoms with Crippen molar-refractivity contribution in [3.05, 3.63) is 20.2 Å². The summed E-state index contributed by atoms with van der Waals surface area (Å²) >= 11 is 0. The molecule has 0 atom stereocenters. The fraction of sp³-hybridized carbons (Fsp3) is 1.00. The van der Waals surface area contributed by atoms with Gasteiger partial charge in [0.2, 0.25) is 0 Å². The first kappa shape index (κ1) is 33.4. The van der Waals surface area contributed by atoms with E-state index in [1.54, 1.807) is 0 Å². The third kappa shape index (κ3) is 160. The van der Waals surface area contributed by atoms with E-state index in [-0.39, 0.29) is 16.5 Å². The third-order valence-corrected chi connectivity index (χ3v) is 1.50. The van der Waals surface area contributed by atoms with Crippen LogP contribution in [0.1, 0.15) is 26.7 Å². The molecule has 0 aromatic heterocycles. The van der Waals surface area contributed by atoms with Gasteiger partial charge in [-0.3, -0.25) is 0 Å². The van der Waals surface area contributed by atoms with Crippen LogP contribution in [0.2, 0.25) is 0 Å². The Labute approximate surface area is 146 Å². The van der Waals surface area contributed by atoms with E-state index in [1.165, 1.54) is 12.8 Å². The smallest absolute Gasteiger partial charge is 0.291 e. The largest absolute Gasteiger partial charge is 0.329 e. The van der Waals surface area contributed by atoms with Gasteiger partial charge in [-0.15, -0.1) is 20.2 Å². The number of rotatable bonds is 8. The minimum absolute atomic E-state index is 0. The van der Waals surface area contributed by atoms with Gasteiger partial charge in [0.05, 0.1) is 0 Å². The zero-order chi connectivity index (χ0) is 18.2. The Morgan fingerprint density at radius 2 is 1.04 bits per heavy atom. The Balaban J connectivity index is -0.0000000639. The van der Waals surface area contributed by atoms with Crippen molar-refractivity contribution in [1.82, 2.24) is 10.6 Å². The van der Waals surface area contributed by atoms with Gasteiger partial charge in [0.15, 0.2) is 0 Å². The predicted octanol–water partition coefficient (Wildman–Crippen LogP) is -0.808. The van der Waals surface area contributed by atoms with Crippen LogP contribution in [0, 0.1) is 20.2 Å². The molecule has 0 fully saturated rings. The van der Waals surface area contributed by atoms with E-state index in [0.717, 1.165) is 39.3 Å². The summed E-state index contributed by atoms with van der Waals surface area (Å²) in [5.41, 5.74) is 10.4. The van der Waals surface area contributed by atoms with Gasteiger partial charge in [0.1, 0.15) is 0 Å². The van der Waals surface area contributed by atoms with Crippen LogP contribution in [0.4, 0.5) is 0 Å². The third-order valence-electron chi connectivity index (χ3n) is 1.50. The second-order valence-electron chi connectivity index (χ2n) is 3.55. The molecule has 12 nitrogen and oxygen atoms in total. The van der Waals surface area contributed by atoms with Gasteiger partial charge in [0.25, 0.3) is 10.2 Å². The molecule has 0 bridgehead atoms. The predicted molar refractivity (Wildman–Crippen MR) is 82.0 cm³/mol. The molecule has 0 spiro atoms. The first-order valence-corrected chi connectivity index (χ1v) is 6.78. The van der Waals surface area contributed by atoms with Crippen molar-refractivity contribution in [2.75, 3.05) is 39.3 Å². The van der Waals surface area contributed by atoms with E-state index in [9.17, 15) is 0 Å². The van der Waals surface area contributed by atoms with Crippen molar-refractivity contribution >= 4 is 0 Å². The quantitative estimate of drug-likeness (QED) is 0.132. The number of nitrogens with zero attached hydrogens (tertiary/aromatic N) is 2. The van der Waals surface area contributed by atoms with Crippen LogP contribution >= 0.6 is 0 Å². The van der Waals surface area contributed by atoms with E-state index >= 15 is 0 Å². The summed E-state index contributed by atoms with van der Waals surface area (Å²) in [6.07, 6.45) is 2.39. The van der Waals surface area contributed by atoms with E-state index in [2.05, 4.69) is 24.5 Å². The molecule has 0 unspecified atom stereocenters. The summed E-state index contributed by atoms with van der Waals surface area (Å²) in [6.45, 7) is 9.88. The molecule has 0 aliphatic carbocycles. The van der Waals surface area contributed by atoms with Crippen molar-refractivity contribution in [2.24, 2.45) is 11.5 Å². The zero-order valence-electron chi connectivity index (χ0n) is 13.5. The second-order valence-corrected chi connectivity index (χ2v) is 3.55. The van der Waals surface area contributed by atoms with Gasteiger partial charge in [0, 0.05) is 42.7 Å². The number of nitrogens with one attached hydrogen (secondary N) is 2. The molecule has 0 aliphatic rings. The summed E-state index contributed by atoms with van der Waals surface area (Å²) in [5.74, 6) is 0. The van der Waals surface area contributed by atoms with Crippen LogP contribution in [0.3, 0.4) is 0 Å². The van der Waals surface area contributed by atoms with E-state index < -0.39 is 10.2 Å². The Morgan fingerprint density at radius 1 is 0.826 bits per heavy atom. The van der Waals surface area contributed by atoms with Gasteiger partial charge >= 0.3 is 0 Å². The molecular weight excluding hydrogens is 359 g/mol. The molecule has 0 heterocycles. The van der Waals surface area contributed by atoms with Gasteiger partial charge in [-0.05, 0) is 25.9 Å². The van der Waals surface area contributed by atoms with Crippen LogP contribution in [0.5, 0.6) is 0 Å². The van der Waals surface area contributed by atoms with Crippen molar-refractivity contribution in [2.45, 2.75) is 26.7 Å². The normalized spacial score (nSPS) is 7.83. The molecule has 0 saturated carbocycles. The topological polar surface area (TPSA) is 203 Å². The van der Waals surface area contributed by atoms with Crippen LogP contribution in [-0.2, 0) is 16.5 Å². The second kappa shape index (κ2) is 37.2. The van der Waals surface area contributed by atoms with Gasteiger partial charge in [-0.25, -0.2) is 0 Å². The van der Waals surface area contributed by atoms with Crippen LogP contribution < -0.4 is 22.1 Å². The molecule has 8 N–H and O–H groups in total. The standard InChI is InChI=1S/2C5H14N2.2HNO3.Ni/c2*1-2-4-7-5-3-6;2*2-1(3)4;/h2*7H,2-6H2,1H3;2*(H,2,3,4);. The van der Waals surface area contributed by atoms with Gasteiger partial charge in [-0.2, -0.15) is 0 Å². The van der Waals surface area contributed by atoms with Crippen LogP contribution in [-0.4, -0.2) is 59.9 Å². The van der Waals surface area contributed by atoms with Crippen molar-refractivity contribution in [3.8, 4) is 0 Å². The summed E-state index contributed by atoms with van der Waals surface area (Å²) in [5, 5.41) is 33.6. The fourth-order valence-electron chi connectivity index (χ4n) is 0.808. The zero-order valence-corrected chi connectivity index (χ0v) is 14.5. The maximum Gasteiger partial charge on any atom is 0.291 e. The molecular formula is C10H30N6NiO6. The average molecular weight is 389 g/mol. The minimum atomic E-state index is -1.50. The van der Waals surface area contributed by atoms with E-state index in [0.29, 0.717) is 0 Å². The molecule has 0 aliphatic heterocycles. The Morgan fingerprint density at radius 3 is 1.17 bits per heavy atom. The summed E-state index contributed by atoms with van der Waals surface area (Å²) in [7, 11) is 0. The minimum Gasteiger partial charge on any atom is -0.329 e. The van der Waals surface area contributed by atoms with Crippen molar-refractivity contribution in [3.63, 3.8) is 0 Å². The molecule has 0 amide bonds. The molecule has 0 aromatic rings. The van der Waals surface area contributed by atoms with Crippen LogP contribution in [0.15, 0.2) is 0 Å². The maximum atomic E-state index is 8.36. The number of hydrogen-bond donors (Lipinski definition) is 6. The number of nitrogens with two attached hydrogens (primary N) is 2. The van der Waals surface area contributed by atoms with Crippen LogP contribution in [0.25, 0.3) is 0 Å². The maximum absolute atomic E-state index is 8.36. The average Bonchev–Trinajstić information content (AvgIpc) is 2.39. The number of hydrogen-bond acceptors (Lipinski definition) is 8. The fourth-order valence-corrected chi connectivity index (χ4v) is 0.808. The van der Waals surface area contributed by atoms with E-state index in [1.807, 2.05) is 0 Å². The van der Waals surface area contributed by atoms with Crippen molar-refractivity contribution < 1.29 is 37.1 Å². The Kier molecular flexibility index (Phi) is 54.0. The van der Waals surface area contributed by atoms with Gasteiger partial charge < -0.3 is 32.5 Å². The Hall–Kier alpha value is -1.27. The molecule has 0 rings (SSSR count). The first-order chi connectivity index (χ1) is 10.3. The van der Waals surface area contributed by atoms with Crippen molar-refractivity contribution in [1.29, 1.82) is 0 Å². The molecule has 0 saturated heterocycles. The summed E-state index contributed by atoms with van der Waals surface area (Å²) in [4.78, 5) is 16.7. The summed E-state index contributed by atoms with van der Waals surface area (Å²) in [6, 6.07) is 0. The Bertz CT molecular complexity index is 190. The molecule has 23 heavy (non-hydrogen) atoms. The molecule has 13 heteroatoms. The van der Waals surface area contributed by atoms with E-state index in [4.69, 9.17) is 42.1 Å². The summed E-state index contributed by atoms with van der Waals surface area (Å²) < 4.78 is 0. The first-order valence-electron chi connectivity index (χ1n) is 6.78. The molecule has 0 radical (unpaired) electrons. The molecule has 146 valence electrons. The SMILES string of the molecule is CCCNCCN.CCCNCCN.O=[N+]([O-])O.O=[N+]([O-])O.[Ni]. The molecule has 0 aromatic carbocycles.